The van der Waals surface area contributed by atoms with Gasteiger partial charge in [0.05, 0.1) is 18.7 Å². The molecule has 1 aromatic carbocycles. The Morgan fingerprint density at radius 3 is 2.58 bits per heavy atom. The van der Waals surface area contributed by atoms with Crippen LogP contribution in [0.1, 0.15) is 55.6 Å². The smallest absolute Gasteiger partial charge is 0.271 e. The number of rotatable bonds is 6. The zero-order chi connectivity index (χ0) is 23.6. The van der Waals surface area contributed by atoms with E-state index in [9.17, 15) is 4.79 Å². The Balaban J connectivity index is 1.55. The van der Waals surface area contributed by atoms with Gasteiger partial charge in [0.25, 0.3) is 11.8 Å². The lowest BCUT2D eigenvalue weighted by Gasteiger charge is -2.14. The molecule has 0 fully saturated rings. The van der Waals surface area contributed by atoms with Gasteiger partial charge >= 0.3 is 0 Å². The summed E-state index contributed by atoms with van der Waals surface area (Å²) in [5, 5.41) is 7.06. The van der Waals surface area contributed by atoms with Gasteiger partial charge in [-0.05, 0) is 36.8 Å². The molecule has 0 saturated carbocycles. The third kappa shape index (κ3) is 4.77. The van der Waals surface area contributed by atoms with Crippen molar-refractivity contribution >= 4 is 5.91 Å². The highest BCUT2D eigenvalue weighted by atomic mass is 16.5. The number of ether oxygens (including phenoxy) is 1. The summed E-state index contributed by atoms with van der Waals surface area (Å²) in [5.74, 6) is 1.97. The second-order valence-electron chi connectivity index (χ2n) is 8.68. The van der Waals surface area contributed by atoms with Crippen molar-refractivity contribution in [1.82, 2.24) is 30.0 Å². The molecule has 4 rings (SSSR count). The minimum Gasteiger partial charge on any atom is -0.497 e. The number of aromatic nitrogens is 5. The summed E-state index contributed by atoms with van der Waals surface area (Å²) in [5.41, 5.74) is 1.64. The lowest BCUT2D eigenvalue weighted by Crippen LogP contribution is -2.26. The van der Waals surface area contributed by atoms with Crippen molar-refractivity contribution in [2.24, 2.45) is 0 Å². The fourth-order valence-corrected chi connectivity index (χ4v) is 3.21. The molecule has 3 heterocycles. The van der Waals surface area contributed by atoms with Crippen LogP contribution >= 0.6 is 0 Å². The maximum absolute atomic E-state index is 12.8. The van der Waals surface area contributed by atoms with Crippen LogP contribution in [0.2, 0.25) is 0 Å². The Hall–Kier alpha value is -4.01. The molecule has 0 radical (unpaired) electrons. The highest BCUT2D eigenvalue weighted by molar-refractivity contribution is 5.92. The van der Waals surface area contributed by atoms with Crippen molar-refractivity contribution in [2.75, 3.05) is 7.11 Å². The Morgan fingerprint density at radius 1 is 1.15 bits per heavy atom. The van der Waals surface area contributed by atoms with Gasteiger partial charge in [0.1, 0.15) is 17.8 Å². The van der Waals surface area contributed by atoms with E-state index < -0.39 is 0 Å². The second kappa shape index (κ2) is 8.85. The van der Waals surface area contributed by atoms with Crippen LogP contribution in [0.25, 0.3) is 17.3 Å². The molecule has 1 N–H and O–H groups in total. The summed E-state index contributed by atoms with van der Waals surface area (Å²) in [4.78, 5) is 26.0. The summed E-state index contributed by atoms with van der Waals surface area (Å²) in [6, 6.07) is 11.0. The van der Waals surface area contributed by atoms with Crippen molar-refractivity contribution in [2.45, 2.75) is 39.2 Å². The van der Waals surface area contributed by atoms with Gasteiger partial charge in [-0.2, -0.15) is 4.98 Å². The highest BCUT2D eigenvalue weighted by Gasteiger charge is 2.23. The summed E-state index contributed by atoms with van der Waals surface area (Å²) in [7, 11) is 1.62. The highest BCUT2D eigenvalue weighted by Crippen LogP contribution is 2.27. The molecule has 0 aliphatic heterocycles. The van der Waals surface area contributed by atoms with Crippen LogP contribution in [0.15, 0.2) is 59.6 Å². The van der Waals surface area contributed by atoms with Gasteiger partial charge < -0.3 is 14.6 Å². The van der Waals surface area contributed by atoms with Crippen LogP contribution in [-0.4, -0.2) is 37.7 Å². The fourth-order valence-electron chi connectivity index (χ4n) is 3.21. The van der Waals surface area contributed by atoms with Crippen molar-refractivity contribution in [3.8, 4) is 23.0 Å². The van der Waals surface area contributed by atoms with Crippen molar-refractivity contribution in [1.29, 1.82) is 0 Å². The van der Waals surface area contributed by atoms with Gasteiger partial charge in [-0.25, -0.2) is 9.97 Å². The number of carbonyl (C=O) groups excluding carboxylic acids is 1. The minimum absolute atomic E-state index is 0.201. The first-order valence-electron chi connectivity index (χ1n) is 10.5. The largest absolute Gasteiger partial charge is 0.497 e. The minimum atomic E-state index is -0.289. The van der Waals surface area contributed by atoms with Crippen LogP contribution in [0, 0.1) is 0 Å². The Labute approximate surface area is 191 Å². The number of pyridine rings is 1. The number of hydrogen-bond donors (Lipinski definition) is 1. The molecule has 1 atom stereocenters. The third-order valence-corrected chi connectivity index (χ3v) is 5.14. The molecule has 0 bridgehead atoms. The van der Waals surface area contributed by atoms with Gasteiger partial charge in [0.15, 0.2) is 11.6 Å². The molecule has 9 nitrogen and oxygen atoms in total. The first-order chi connectivity index (χ1) is 15.8. The Morgan fingerprint density at radius 2 is 1.91 bits per heavy atom. The van der Waals surface area contributed by atoms with E-state index in [2.05, 4.69) is 25.4 Å². The topological polar surface area (TPSA) is 108 Å². The molecular weight excluding hydrogens is 420 g/mol. The molecule has 0 spiro atoms. The van der Waals surface area contributed by atoms with E-state index in [4.69, 9.17) is 9.26 Å². The fraction of sp³-hybridized carbons (Fsp3) is 0.292. The number of methoxy groups -OCH3 is 1. The van der Waals surface area contributed by atoms with Crippen LogP contribution in [0.3, 0.4) is 0 Å². The number of nitrogens with one attached hydrogen (secondary N) is 1. The van der Waals surface area contributed by atoms with Gasteiger partial charge in [-0.3, -0.25) is 9.36 Å². The standard InChI is InChI=1S/C24H26N6O3/c1-15(16-8-10-17(32-5)11-9-16)27-21(31)19-13-30(14-26-19)20-18(7-6-12-25-20)22-28-23(29-33-22)24(2,3)4/h6-15H,1-5H3,(H,27,31)/t15-/m1/s1. The summed E-state index contributed by atoms with van der Waals surface area (Å²) in [6.07, 6.45) is 4.83. The Bertz CT molecular complexity index is 1250. The number of hydrogen-bond acceptors (Lipinski definition) is 7. The molecule has 9 heteroatoms. The zero-order valence-electron chi connectivity index (χ0n) is 19.2. The number of benzene rings is 1. The number of amides is 1. The van der Waals surface area contributed by atoms with E-state index in [1.54, 1.807) is 36.5 Å². The molecule has 33 heavy (non-hydrogen) atoms. The summed E-state index contributed by atoms with van der Waals surface area (Å²) in [6.45, 7) is 7.95. The van der Waals surface area contributed by atoms with Crippen molar-refractivity contribution < 1.29 is 14.1 Å². The van der Waals surface area contributed by atoms with E-state index in [-0.39, 0.29) is 23.1 Å². The normalized spacial score (nSPS) is 12.4. The quantitative estimate of drug-likeness (QED) is 0.475. The number of imidazole rings is 1. The SMILES string of the molecule is COc1ccc([C@@H](C)NC(=O)c2cn(-c3ncccc3-c3nc(C(C)(C)C)no3)cn2)cc1. The van der Waals surface area contributed by atoms with Crippen LogP contribution < -0.4 is 10.1 Å². The average Bonchev–Trinajstić information content (AvgIpc) is 3.49. The molecule has 170 valence electrons. The van der Waals surface area contributed by atoms with E-state index in [0.717, 1.165) is 11.3 Å². The third-order valence-electron chi connectivity index (χ3n) is 5.14. The monoisotopic (exact) mass is 446 g/mol. The molecule has 0 unspecified atom stereocenters. The van der Waals surface area contributed by atoms with Crippen molar-refractivity contribution in [3.05, 3.63) is 72.2 Å². The van der Waals surface area contributed by atoms with Gasteiger partial charge in [-0.15, -0.1) is 0 Å². The molecular formula is C24H26N6O3. The molecule has 0 saturated heterocycles. The average molecular weight is 447 g/mol. The summed E-state index contributed by atoms with van der Waals surface area (Å²) >= 11 is 0. The Kier molecular flexibility index (Phi) is 5.95. The number of carbonyl (C=O) groups is 1. The molecule has 1 amide bonds. The lowest BCUT2D eigenvalue weighted by molar-refractivity contribution is 0.0935. The van der Waals surface area contributed by atoms with E-state index in [0.29, 0.717) is 23.1 Å². The van der Waals surface area contributed by atoms with Crippen LogP contribution in [0.4, 0.5) is 0 Å². The zero-order valence-corrected chi connectivity index (χ0v) is 19.2. The van der Waals surface area contributed by atoms with Gasteiger partial charge in [-0.1, -0.05) is 38.1 Å². The second-order valence-corrected chi connectivity index (χ2v) is 8.68. The van der Waals surface area contributed by atoms with Crippen molar-refractivity contribution in [3.63, 3.8) is 0 Å². The molecule has 3 aromatic heterocycles. The van der Waals surface area contributed by atoms with E-state index >= 15 is 0 Å². The maximum atomic E-state index is 12.8. The van der Waals surface area contributed by atoms with E-state index in [1.807, 2.05) is 58.0 Å². The van der Waals surface area contributed by atoms with Crippen LogP contribution in [0.5, 0.6) is 5.75 Å². The van der Waals surface area contributed by atoms with Crippen LogP contribution in [-0.2, 0) is 5.41 Å². The van der Waals surface area contributed by atoms with E-state index in [1.165, 1.54) is 0 Å². The molecule has 0 aliphatic carbocycles. The lowest BCUT2D eigenvalue weighted by atomic mass is 9.96. The first-order valence-corrected chi connectivity index (χ1v) is 10.5. The van der Waals surface area contributed by atoms with Gasteiger partial charge in [0, 0.05) is 17.8 Å². The molecule has 4 aromatic rings. The predicted octanol–water partition coefficient (Wildman–Crippen LogP) is 4.11. The maximum Gasteiger partial charge on any atom is 0.271 e. The summed E-state index contributed by atoms with van der Waals surface area (Å²) < 4.78 is 12.3. The number of nitrogens with zero attached hydrogens (tertiary/aromatic N) is 5. The predicted molar refractivity (Wildman–Crippen MR) is 122 cm³/mol. The first kappa shape index (κ1) is 22.2. The molecule has 0 aliphatic rings. The van der Waals surface area contributed by atoms with Gasteiger partial charge in [0.2, 0.25) is 0 Å².